The van der Waals surface area contributed by atoms with Gasteiger partial charge >= 0.3 is 0 Å². The smallest absolute Gasteiger partial charge is 0.00979 e. The number of rotatable bonds is 3. The van der Waals surface area contributed by atoms with Crippen LogP contribution in [0, 0.1) is 23.7 Å². The Bertz CT molecular complexity index is 383. The minimum atomic E-state index is 1.10. The van der Waals surface area contributed by atoms with E-state index in [0.717, 1.165) is 29.3 Å². The van der Waals surface area contributed by atoms with Gasteiger partial charge in [0.2, 0.25) is 0 Å². The summed E-state index contributed by atoms with van der Waals surface area (Å²) in [5.74, 6) is 4.49. The summed E-state index contributed by atoms with van der Waals surface area (Å²) in [6.45, 7) is 0. The Labute approximate surface area is 112 Å². The SMILES string of the molecule is c1ccc(CPC2C3CC4CC(C3)CC2C4)cc1. The molecule has 0 aromatic heterocycles. The fraction of sp³-hybridized carbons (Fsp3) is 0.647. The summed E-state index contributed by atoms with van der Waals surface area (Å²) in [5.41, 5.74) is 2.66. The van der Waals surface area contributed by atoms with Crippen LogP contribution in [-0.2, 0) is 6.16 Å². The lowest BCUT2D eigenvalue weighted by Gasteiger charge is -2.54. The molecule has 0 N–H and O–H groups in total. The van der Waals surface area contributed by atoms with Crippen LogP contribution in [0.25, 0.3) is 0 Å². The zero-order chi connectivity index (χ0) is 11.9. The lowest BCUT2D eigenvalue weighted by molar-refractivity contribution is 0.0256. The van der Waals surface area contributed by atoms with Crippen LogP contribution in [0.5, 0.6) is 0 Å². The van der Waals surface area contributed by atoms with Crippen LogP contribution < -0.4 is 0 Å². The molecule has 4 bridgehead atoms. The highest BCUT2D eigenvalue weighted by Gasteiger charge is 2.47. The molecule has 0 saturated heterocycles. The zero-order valence-corrected chi connectivity index (χ0v) is 12.0. The first-order valence-corrected chi connectivity index (χ1v) is 8.94. The zero-order valence-electron chi connectivity index (χ0n) is 11.0. The average Bonchev–Trinajstić information content (AvgIpc) is 2.38. The van der Waals surface area contributed by atoms with Gasteiger partial charge in [-0.25, -0.2) is 0 Å². The van der Waals surface area contributed by atoms with Crippen LogP contribution in [0.1, 0.15) is 37.7 Å². The standard InChI is InChI=1S/C17H23P/c1-2-4-12(5-3-1)11-18-17-15-7-13-6-14(9-15)10-16(17)8-13/h1-5,13-18H,6-11H2. The van der Waals surface area contributed by atoms with Crippen molar-refractivity contribution in [1.29, 1.82) is 0 Å². The molecular formula is C17H23P. The maximum atomic E-state index is 2.31. The first kappa shape index (κ1) is 11.5. The minimum Gasteiger partial charge on any atom is -0.114 e. The van der Waals surface area contributed by atoms with E-state index in [0.29, 0.717) is 0 Å². The molecule has 4 fully saturated rings. The van der Waals surface area contributed by atoms with Crippen LogP contribution >= 0.6 is 8.58 Å². The summed E-state index contributed by atoms with van der Waals surface area (Å²) in [6, 6.07) is 11.1. The predicted molar refractivity (Wildman–Crippen MR) is 79.3 cm³/mol. The molecule has 0 spiro atoms. The molecule has 5 rings (SSSR count). The molecule has 0 nitrogen and oxygen atoms in total. The predicted octanol–water partition coefficient (Wildman–Crippen LogP) is 4.69. The van der Waals surface area contributed by atoms with Gasteiger partial charge in [-0.1, -0.05) is 30.3 Å². The van der Waals surface area contributed by atoms with Crippen molar-refractivity contribution < 1.29 is 0 Å². The number of hydrogen-bond donors (Lipinski definition) is 0. The van der Waals surface area contributed by atoms with Crippen LogP contribution in [-0.4, -0.2) is 5.66 Å². The van der Waals surface area contributed by atoms with Gasteiger partial charge in [-0.05, 0) is 73.2 Å². The Kier molecular flexibility index (Phi) is 2.96. The fourth-order valence-corrected chi connectivity index (χ4v) is 7.01. The van der Waals surface area contributed by atoms with Crippen LogP contribution in [0.2, 0.25) is 0 Å². The summed E-state index contributed by atoms with van der Waals surface area (Å²) >= 11 is 0. The largest absolute Gasteiger partial charge is 0.114 e. The molecule has 1 unspecified atom stereocenters. The van der Waals surface area contributed by atoms with Crippen molar-refractivity contribution in [2.75, 3.05) is 0 Å². The monoisotopic (exact) mass is 258 g/mol. The fourth-order valence-electron chi connectivity index (χ4n) is 5.09. The molecule has 4 aliphatic rings. The third-order valence-corrected chi connectivity index (χ3v) is 7.64. The van der Waals surface area contributed by atoms with Gasteiger partial charge < -0.3 is 0 Å². The van der Waals surface area contributed by atoms with E-state index in [2.05, 4.69) is 30.3 Å². The molecule has 18 heavy (non-hydrogen) atoms. The van der Waals surface area contributed by atoms with Gasteiger partial charge in [0.05, 0.1) is 0 Å². The second kappa shape index (κ2) is 4.64. The Morgan fingerprint density at radius 1 is 0.833 bits per heavy atom. The maximum Gasteiger partial charge on any atom is -0.00979 e. The van der Waals surface area contributed by atoms with Crippen molar-refractivity contribution in [3.05, 3.63) is 35.9 Å². The Hall–Kier alpha value is -0.350. The molecule has 1 aromatic carbocycles. The van der Waals surface area contributed by atoms with E-state index in [1.165, 1.54) is 14.7 Å². The van der Waals surface area contributed by atoms with E-state index in [4.69, 9.17) is 0 Å². The number of benzene rings is 1. The summed E-state index contributed by atoms with van der Waals surface area (Å²) in [4.78, 5) is 0. The van der Waals surface area contributed by atoms with E-state index in [1.54, 1.807) is 37.7 Å². The van der Waals surface area contributed by atoms with Crippen molar-refractivity contribution in [3.8, 4) is 0 Å². The summed E-state index contributed by atoms with van der Waals surface area (Å²) < 4.78 is 0. The molecule has 0 aliphatic heterocycles. The van der Waals surface area contributed by atoms with Crippen LogP contribution in [0.3, 0.4) is 0 Å². The third kappa shape index (κ3) is 2.03. The maximum absolute atomic E-state index is 2.31. The summed E-state index contributed by atoms with van der Waals surface area (Å²) in [5, 5.41) is 0. The van der Waals surface area contributed by atoms with Crippen LogP contribution in [0.4, 0.5) is 0 Å². The summed E-state index contributed by atoms with van der Waals surface area (Å²) in [7, 11) is 1.19. The topological polar surface area (TPSA) is 0 Å². The highest BCUT2D eigenvalue weighted by molar-refractivity contribution is 7.38. The molecule has 0 radical (unpaired) electrons. The van der Waals surface area contributed by atoms with Crippen LogP contribution in [0.15, 0.2) is 30.3 Å². The Morgan fingerprint density at radius 2 is 1.44 bits per heavy atom. The van der Waals surface area contributed by atoms with E-state index in [1.807, 2.05) is 0 Å². The molecule has 1 atom stereocenters. The van der Waals surface area contributed by atoms with Gasteiger partial charge in [0.1, 0.15) is 0 Å². The first-order valence-electron chi connectivity index (χ1n) is 7.66. The lowest BCUT2D eigenvalue weighted by atomic mass is 9.56. The molecular weight excluding hydrogens is 235 g/mol. The Morgan fingerprint density at radius 3 is 2.06 bits per heavy atom. The Balaban J connectivity index is 1.43. The average molecular weight is 258 g/mol. The molecule has 1 heteroatoms. The first-order chi connectivity index (χ1) is 8.88. The second-order valence-corrected chi connectivity index (χ2v) is 8.25. The van der Waals surface area contributed by atoms with Crippen molar-refractivity contribution in [2.45, 2.75) is 43.9 Å². The van der Waals surface area contributed by atoms with Crippen molar-refractivity contribution in [2.24, 2.45) is 23.7 Å². The molecule has 0 amide bonds. The minimum absolute atomic E-state index is 1.10. The van der Waals surface area contributed by atoms with Crippen molar-refractivity contribution >= 4 is 8.58 Å². The van der Waals surface area contributed by atoms with Gasteiger partial charge in [0.25, 0.3) is 0 Å². The molecule has 1 aromatic rings. The van der Waals surface area contributed by atoms with Gasteiger partial charge in [0, 0.05) is 0 Å². The molecule has 4 saturated carbocycles. The van der Waals surface area contributed by atoms with E-state index >= 15 is 0 Å². The summed E-state index contributed by atoms with van der Waals surface area (Å²) in [6.07, 6.45) is 9.26. The van der Waals surface area contributed by atoms with Gasteiger partial charge in [-0.2, -0.15) is 0 Å². The molecule has 96 valence electrons. The van der Waals surface area contributed by atoms with Gasteiger partial charge in [0.15, 0.2) is 0 Å². The van der Waals surface area contributed by atoms with Crippen molar-refractivity contribution in [3.63, 3.8) is 0 Å². The quantitative estimate of drug-likeness (QED) is 0.690. The lowest BCUT2D eigenvalue weighted by Crippen LogP contribution is -2.46. The second-order valence-electron chi connectivity index (χ2n) is 6.82. The number of hydrogen-bond acceptors (Lipinski definition) is 0. The van der Waals surface area contributed by atoms with Crippen molar-refractivity contribution in [1.82, 2.24) is 0 Å². The van der Waals surface area contributed by atoms with E-state index in [-0.39, 0.29) is 0 Å². The highest BCUT2D eigenvalue weighted by atomic mass is 31.1. The van der Waals surface area contributed by atoms with E-state index < -0.39 is 0 Å². The highest BCUT2D eigenvalue weighted by Crippen LogP contribution is 2.58. The normalized spacial score (nSPS) is 41.9. The van der Waals surface area contributed by atoms with Gasteiger partial charge in [-0.3, -0.25) is 0 Å². The molecule has 4 aliphatic carbocycles. The molecule has 0 heterocycles. The van der Waals surface area contributed by atoms with E-state index in [9.17, 15) is 0 Å². The van der Waals surface area contributed by atoms with Gasteiger partial charge in [-0.15, -0.1) is 8.58 Å². The third-order valence-electron chi connectivity index (χ3n) is 5.61.